The number of ether oxygens (including phenoxy) is 2. The van der Waals surface area contributed by atoms with E-state index in [9.17, 15) is 9.90 Å². The number of benzene rings is 3. The Bertz CT molecular complexity index is 1200. The zero-order valence-corrected chi connectivity index (χ0v) is 19.7. The molecule has 1 N–H and O–H groups in total. The minimum atomic E-state index is 0.0239. The molecule has 0 bridgehead atoms. The molecule has 6 heteroatoms. The molecule has 3 aromatic rings. The Labute approximate surface area is 205 Å². The monoisotopic (exact) mass is 470 g/mol. The van der Waals surface area contributed by atoms with Crippen LogP contribution in [0.2, 0.25) is 0 Å². The van der Waals surface area contributed by atoms with Crippen molar-refractivity contribution in [2.24, 2.45) is 0 Å². The van der Waals surface area contributed by atoms with Gasteiger partial charge in [-0.25, -0.2) is 0 Å². The zero-order valence-electron chi connectivity index (χ0n) is 19.7. The topological polar surface area (TPSA) is 62.2 Å². The van der Waals surface area contributed by atoms with Gasteiger partial charge in [0.2, 0.25) is 6.79 Å². The van der Waals surface area contributed by atoms with Gasteiger partial charge in [-0.05, 0) is 54.3 Å². The molecule has 2 fully saturated rings. The number of carbonyl (C=O) groups is 1. The van der Waals surface area contributed by atoms with E-state index in [1.807, 2.05) is 23.1 Å². The van der Waals surface area contributed by atoms with E-state index in [2.05, 4.69) is 53.4 Å². The highest BCUT2D eigenvalue weighted by Crippen LogP contribution is 2.42. The first-order valence-corrected chi connectivity index (χ1v) is 12.4. The Balaban J connectivity index is 1.24. The molecule has 3 aliphatic rings. The second-order valence-electron chi connectivity index (χ2n) is 9.60. The molecule has 3 aromatic carbocycles. The number of carbonyl (C=O) groups excluding carboxylic acids is 1. The lowest BCUT2D eigenvalue weighted by Crippen LogP contribution is -2.67. The van der Waals surface area contributed by atoms with Gasteiger partial charge in [-0.2, -0.15) is 0 Å². The maximum absolute atomic E-state index is 13.5. The van der Waals surface area contributed by atoms with Crippen LogP contribution in [-0.2, 0) is 0 Å². The summed E-state index contributed by atoms with van der Waals surface area (Å²) in [4.78, 5) is 17.9. The van der Waals surface area contributed by atoms with Gasteiger partial charge in [0.05, 0.1) is 6.61 Å². The summed E-state index contributed by atoms with van der Waals surface area (Å²) in [5, 5.41) is 10.2. The van der Waals surface area contributed by atoms with E-state index >= 15 is 0 Å². The highest BCUT2D eigenvalue weighted by molar-refractivity contribution is 5.95. The van der Waals surface area contributed by atoms with Crippen molar-refractivity contribution in [2.75, 3.05) is 33.0 Å². The van der Waals surface area contributed by atoms with Crippen LogP contribution in [0, 0.1) is 0 Å². The largest absolute Gasteiger partial charge is 0.454 e. The van der Waals surface area contributed by atoms with Gasteiger partial charge in [0.1, 0.15) is 0 Å². The van der Waals surface area contributed by atoms with Gasteiger partial charge in [0.15, 0.2) is 11.5 Å². The van der Waals surface area contributed by atoms with Crippen molar-refractivity contribution >= 4 is 5.91 Å². The summed E-state index contributed by atoms with van der Waals surface area (Å²) in [5.41, 5.74) is 4.23. The molecule has 6 nitrogen and oxygen atoms in total. The van der Waals surface area contributed by atoms with Gasteiger partial charge in [-0.15, -0.1) is 0 Å². The minimum absolute atomic E-state index is 0.0239. The summed E-state index contributed by atoms with van der Waals surface area (Å²) in [6.07, 6.45) is 1.96. The summed E-state index contributed by atoms with van der Waals surface area (Å²) in [6, 6.07) is 24.8. The number of rotatable bonds is 4. The molecule has 0 aliphatic carbocycles. The van der Waals surface area contributed by atoms with E-state index in [-0.39, 0.29) is 37.3 Å². The zero-order chi connectivity index (χ0) is 23.8. The van der Waals surface area contributed by atoms with Crippen LogP contribution in [0.15, 0.2) is 72.8 Å². The average molecular weight is 471 g/mol. The van der Waals surface area contributed by atoms with E-state index in [4.69, 9.17) is 9.47 Å². The molecular weight excluding hydrogens is 440 g/mol. The van der Waals surface area contributed by atoms with Crippen molar-refractivity contribution in [3.8, 4) is 22.6 Å². The molecule has 0 aromatic heterocycles. The van der Waals surface area contributed by atoms with Gasteiger partial charge in [0.25, 0.3) is 5.91 Å². The summed E-state index contributed by atoms with van der Waals surface area (Å²) in [6.45, 7) is 2.66. The molecule has 3 atom stereocenters. The summed E-state index contributed by atoms with van der Waals surface area (Å²) >= 11 is 0. The van der Waals surface area contributed by atoms with Crippen LogP contribution >= 0.6 is 0 Å². The van der Waals surface area contributed by atoms with E-state index < -0.39 is 0 Å². The van der Waals surface area contributed by atoms with Crippen molar-refractivity contribution in [3.63, 3.8) is 0 Å². The standard InChI is InChI=1S/C29H30N2O4/c32-18-25-28(22-10-8-21(9-11-22)20-6-2-1-3-7-20)24-17-30(14-4-5-15-31(24)25)29(33)23-12-13-26-27(16-23)35-19-34-26/h1-3,6-13,16,24-25,28,32H,4-5,14-15,17-19H2/t24-,25-,28+/m1/s1. The SMILES string of the molecule is O=C(c1ccc2c(c1)OCO2)N1CCCCN2[C@H](CO)[C@@H](c3ccc(-c4ccccc4)cc3)[C@H]2C1. The Morgan fingerprint density at radius 2 is 1.63 bits per heavy atom. The van der Waals surface area contributed by atoms with Crippen molar-refractivity contribution in [1.82, 2.24) is 9.80 Å². The summed E-state index contributed by atoms with van der Waals surface area (Å²) < 4.78 is 10.9. The predicted octanol–water partition coefficient (Wildman–Crippen LogP) is 4.15. The van der Waals surface area contributed by atoms with E-state index in [0.29, 0.717) is 23.6 Å². The van der Waals surface area contributed by atoms with Crippen LogP contribution in [0.4, 0.5) is 0 Å². The second kappa shape index (κ2) is 9.36. The first-order valence-electron chi connectivity index (χ1n) is 12.4. The number of hydrogen-bond acceptors (Lipinski definition) is 5. The fraction of sp³-hybridized carbons (Fsp3) is 0.345. The Kier molecular flexibility index (Phi) is 5.92. The molecule has 0 spiro atoms. The third kappa shape index (κ3) is 4.07. The maximum Gasteiger partial charge on any atom is 0.254 e. The van der Waals surface area contributed by atoms with Crippen LogP contribution in [0.25, 0.3) is 11.1 Å². The van der Waals surface area contributed by atoms with Gasteiger partial charge in [-0.1, -0.05) is 54.6 Å². The first-order chi connectivity index (χ1) is 17.2. The molecule has 0 unspecified atom stereocenters. The Morgan fingerprint density at radius 3 is 2.43 bits per heavy atom. The first kappa shape index (κ1) is 22.1. The fourth-order valence-electron chi connectivity index (χ4n) is 5.87. The third-order valence-corrected chi connectivity index (χ3v) is 7.68. The summed E-state index contributed by atoms with van der Waals surface area (Å²) in [5.74, 6) is 1.53. The molecule has 3 heterocycles. The quantitative estimate of drug-likeness (QED) is 0.621. The Morgan fingerprint density at radius 1 is 0.886 bits per heavy atom. The van der Waals surface area contributed by atoms with Gasteiger partial charge in [-0.3, -0.25) is 9.69 Å². The molecular formula is C29H30N2O4. The van der Waals surface area contributed by atoms with Gasteiger partial charge < -0.3 is 19.5 Å². The molecule has 6 rings (SSSR count). The lowest BCUT2D eigenvalue weighted by molar-refractivity contribution is -0.0606. The van der Waals surface area contributed by atoms with Crippen LogP contribution in [0.5, 0.6) is 11.5 Å². The second-order valence-corrected chi connectivity index (χ2v) is 9.60. The summed E-state index contributed by atoms with van der Waals surface area (Å²) in [7, 11) is 0. The van der Waals surface area contributed by atoms with Crippen LogP contribution in [0.3, 0.4) is 0 Å². The normalized spacial score (nSPS) is 23.7. The van der Waals surface area contributed by atoms with Crippen LogP contribution in [0.1, 0.15) is 34.7 Å². The molecule has 3 aliphatic heterocycles. The third-order valence-electron chi connectivity index (χ3n) is 7.68. The molecule has 2 saturated heterocycles. The molecule has 0 radical (unpaired) electrons. The lowest BCUT2D eigenvalue weighted by atomic mass is 9.74. The van der Waals surface area contributed by atoms with Crippen molar-refractivity contribution < 1.29 is 19.4 Å². The van der Waals surface area contributed by atoms with E-state index in [1.165, 1.54) is 16.7 Å². The molecule has 1 amide bonds. The number of fused-ring (bicyclic) bond motifs is 2. The van der Waals surface area contributed by atoms with Crippen LogP contribution in [-0.4, -0.2) is 65.9 Å². The number of hydrogen-bond donors (Lipinski definition) is 1. The highest BCUT2D eigenvalue weighted by atomic mass is 16.7. The number of nitrogens with zero attached hydrogens (tertiary/aromatic N) is 2. The van der Waals surface area contributed by atoms with Gasteiger partial charge >= 0.3 is 0 Å². The molecule has 180 valence electrons. The van der Waals surface area contributed by atoms with Gasteiger partial charge in [0, 0.05) is 36.7 Å². The van der Waals surface area contributed by atoms with Crippen molar-refractivity contribution in [2.45, 2.75) is 30.8 Å². The molecule has 35 heavy (non-hydrogen) atoms. The predicted molar refractivity (Wildman–Crippen MR) is 134 cm³/mol. The fourth-order valence-corrected chi connectivity index (χ4v) is 5.87. The van der Waals surface area contributed by atoms with Crippen molar-refractivity contribution in [1.29, 1.82) is 0 Å². The Hall–Kier alpha value is -3.35. The lowest BCUT2D eigenvalue weighted by Gasteiger charge is -2.57. The van der Waals surface area contributed by atoms with E-state index in [0.717, 1.165) is 25.9 Å². The van der Waals surface area contributed by atoms with E-state index in [1.54, 1.807) is 6.07 Å². The number of aliphatic hydroxyl groups is 1. The molecule has 0 saturated carbocycles. The smallest absolute Gasteiger partial charge is 0.254 e. The van der Waals surface area contributed by atoms with Crippen LogP contribution < -0.4 is 9.47 Å². The number of amides is 1. The number of aliphatic hydroxyl groups excluding tert-OH is 1. The highest BCUT2D eigenvalue weighted by Gasteiger charge is 2.49. The van der Waals surface area contributed by atoms with Crippen molar-refractivity contribution in [3.05, 3.63) is 83.9 Å². The minimum Gasteiger partial charge on any atom is -0.454 e. The maximum atomic E-state index is 13.5. The average Bonchev–Trinajstić information content (AvgIpc) is 3.36.